The largest absolute Gasteiger partial charge is 0.395 e. The van der Waals surface area contributed by atoms with Crippen LogP contribution < -0.4 is 5.32 Å². The van der Waals surface area contributed by atoms with Gasteiger partial charge in [-0.25, -0.2) is 9.67 Å². The first-order valence-corrected chi connectivity index (χ1v) is 5.15. The number of benzene rings is 1. The molecule has 0 atom stereocenters. The Morgan fingerprint density at radius 2 is 2.12 bits per heavy atom. The van der Waals surface area contributed by atoms with Crippen LogP contribution in [0.3, 0.4) is 0 Å². The molecule has 88 valence electrons. The van der Waals surface area contributed by atoms with Crippen molar-refractivity contribution in [3.05, 3.63) is 42.5 Å². The zero-order valence-electron chi connectivity index (χ0n) is 9.08. The predicted octanol–water partition coefficient (Wildman–Crippen LogP) is -0.0106. The number of aliphatic hydroxyl groups excluding tert-OH is 1. The molecule has 1 amide bonds. The van der Waals surface area contributed by atoms with Gasteiger partial charge in [0.05, 0.1) is 12.3 Å². The van der Waals surface area contributed by atoms with Crippen LogP contribution in [0.15, 0.2) is 36.9 Å². The smallest absolute Gasteiger partial charge is 0.251 e. The van der Waals surface area contributed by atoms with Crippen LogP contribution in [-0.4, -0.2) is 38.9 Å². The minimum Gasteiger partial charge on any atom is -0.395 e. The highest BCUT2D eigenvalue weighted by molar-refractivity contribution is 5.94. The second kappa shape index (κ2) is 5.22. The van der Waals surface area contributed by atoms with Crippen LogP contribution in [0.25, 0.3) is 5.69 Å². The van der Waals surface area contributed by atoms with E-state index in [4.69, 9.17) is 5.11 Å². The van der Waals surface area contributed by atoms with Crippen molar-refractivity contribution >= 4 is 5.91 Å². The molecule has 6 heteroatoms. The summed E-state index contributed by atoms with van der Waals surface area (Å²) >= 11 is 0. The Bertz CT molecular complexity index is 479. The lowest BCUT2D eigenvalue weighted by Gasteiger charge is -2.04. The molecule has 2 aromatic rings. The van der Waals surface area contributed by atoms with E-state index in [-0.39, 0.29) is 19.1 Å². The number of rotatable bonds is 4. The van der Waals surface area contributed by atoms with Crippen LogP contribution in [0.2, 0.25) is 0 Å². The van der Waals surface area contributed by atoms with Gasteiger partial charge in [0.1, 0.15) is 12.7 Å². The Hall–Kier alpha value is -2.21. The molecule has 0 aliphatic heterocycles. The van der Waals surface area contributed by atoms with Crippen LogP contribution in [0.4, 0.5) is 0 Å². The van der Waals surface area contributed by atoms with E-state index in [0.29, 0.717) is 5.56 Å². The Balaban J connectivity index is 2.10. The fourth-order valence-corrected chi connectivity index (χ4v) is 1.38. The van der Waals surface area contributed by atoms with Crippen LogP contribution >= 0.6 is 0 Å². The molecule has 0 saturated carbocycles. The van der Waals surface area contributed by atoms with Gasteiger partial charge in [-0.15, -0.1) is 0 Å². The van der Waals surface area contributed by atoms with E-state index >= 15 is 0 Å². The lowest BCUT2D eigenvalue weighted by atomic mass is 10.2. The number of carbonyl (C=O) groups is 1. The van der Waals surface area contributed by atoms with Crippen molar-refractivity contribution < 1.29 is 9.90 Å². The lowest BCUT2D eigenvalue weighted by Crippen LogP contribution is -2.26. The molecule has 0 bridgehead atoms. The third-order valence-electron chi connectivity index (χ3n) is 2.21. The normalized spacial score (nSPS) is 10.2. The van der Waals surface area contributed by atoms with E-state index < -0.39 is 0 Å². The second-order valence-electron chi connectivity index (χ2n) is 3.37. The van der Waals surface area contributed by atoms with Crippen molar-refractivity contribution in [2.75, 3.05) is 13.2 Å². The molecule has 6 nitrogen and oxygen atoms in total. The van der Waals surface area contributed by atoms with Crippen molar-refractivity contribution in [2.24, 2.45) is 0 Å². The van der Waals surface area contributed by atoms with Crippen molar-refractivity contribution in [1.82, 2.24) is 20.1 Å². The van der Waals surface area contributed by atoms with Gasteiger partial charge in [0.25, 0.3) is 5.91 Å². The lowest BCUT2D eigenvalue weighted by molar-refractivity contribution is 0.0945. The maximum absolute atomic E-state index is 11.5. The fourth-order valence-electron chi connectivity index (χ4n) is 1.38. The maximum atomic E-state index is 11.5. The van der Waals surface area contributed by atoms with Crippen molar-refractivity contribution in [3.8, 4) is 5.69 Å². The fraction of sp³-hybridized carbons (Fsp3) is 0.182. The molecule has 17 heavy (non-hydrogen) atoms. The summed E-state index contributed by atoms with van der Waals surface area (Å²) in [4.78, 5) is 15.4. The van der Waals surface area contributed by atoms with Crippen LogP contribution in [0, 0.1) is 0 Å². The van der Waals surface area contributed by atoms with E-state index in [1.54, 1.807) is 35.3 Å². The first-order valence-electron chi connectivity index (χ1n) is 5.15. The molecular formula is C11H12N4O2. The summed E-state index contributed by atoms with van der Waals surface area (Å²) in [5, 5.41) is 15.2. The van der Waals surface area contributed by atoms with E-state index in [1.807, 2.05) is 0 Å². The molecule has 0 saturated heterocycles. The van der Waals surface area contributed by atoms with Crippen LogP contribution in [0.1, 0.15) is 10.4 Å². The number of nitrogens with one attached hydrogen (secondary N) is 1. The van der Waals surface area contributed by atoms with E-state index in [1.165, 1.54) is 6.33 Å². The highest BCUT2D eigenvalue weighted by Crippen LogP contribution is 2.07. The van der Waals surface area contributed by atoms with Gasteiger partial charge in [-0.2, -0.15) is 5.10 Å². The molecule has 0 aliphatic rings. The quantitative estimate of drug-likeness (QED) is 0.777. The van der Waals surface area contributed by atoms with E-state index in [2.05, 4.69) is 15.4 Å². The molecule has 2 N–H and O–H groups in total. The number of carbonyl (C=O) groups excluding carboxylic acids is 1. The summed E-state index contributed by atoms with van der Waals surface area (Å²) in [7, 11) is 0. The first kappa shape index (κ1) is 11.3. The summed E-state index contributed by atoms with van der Waals surface area (Å²) in [6.07, 6.45) is 3.03. The number of amides is 1. The van der Waals surface area contributed by atoms with Crippen molar-refractivity contribution in [2.45, 2.75) is 0 Å². The zero-order chi connectivity index (χ0) is 12.1. The SMILES string of the molecule is O=C(NCCO)c1ccc(-n2cncn2)cc1. The number of aromatic nitrogens is 3. The predicted molar refractivity (Wildman–Crippen MR) is 60.8 cm³/mol. The van der Waals surface area contributed by atoms with Gasteiger partial charge < -0.3 is 10.4 Å². The minimum absolute atomic E-state index is 0.0667. The zero-order valence-corrected chi connectivity index (χ0v) is 9.08. The minimum atomic E-state index is -0.204. The summed E-state index contributed by atoms with van der Waals surface area (Å²) in [6, 6.07) is 6.96. The summed E-state index contributed by atoms with van der Waals surface area (Å²) in [5.74, 6) is -0.204. The summed E-state index contributed by atoms with van der Waals surface area (Å²) in [6.45, 7) is 0.187. The Labute approximate surface area is 97.9 Å². The first-order chi connectivity index (χ1) is 8.31. The van der Waals surface area contributed by atoms with Gasteiger partial charge in [0, 0.05) is 12.1 Å². The van der Waals surface area contributed by atoms with E-state index in [9.17, 15) is 4.79 Å². The Kier molecular flexibility index (Phi) is 3.46. The molecule has 0 fully saturated rings. The monoisotopic (exact) mass is 232 g/mol. The van der Waals surface area contributed by atoms with Crippen molar-refractivity contribution in [3.63, 3.8) is 0 Å². The van der Waals surface area contributed by atoms with Gasteiger partial charge in [0.2, 0.25) is 0 Å². The number of hydrogen-bond acceptors (Lipinski definition) is 4. The standard InChI is InChI=1S/C11H12N4O2/c16-6-5-13-11(17)9-1-3-10(4-2-9)15-8-12-7-14-15/h1-4,7-8,16H,5-6H2,(H,13,17). The van der Waals surface area contributed by atoms with Gasteiger partial charge >= 0.3 is 0 Å². The Morgan fingerprint density at radius 3 is 2.71 bits per heavy atom. The highest BCUT2D eigenvalue weighted by atomic mass is 16.3. The molecular weight excluding hydrogens is 220 g/mol. The van der Waals surface area contributed by atoms with E-state index in [0.717, 1.165) is 5.69 Å². The number of nitrogens with zero attached hydrogens (tertiary/aromatic N) is 3. The number of hydrogen-bond donors (Lipinski definition) is 2. The van der Waals surface area contributed by atoms with Crippen LogP contribution in [0.5, 0.6) is 0 Å². The van der Waals surface area contributed by atoms with Crippen LogP contribution in [-0.2, 0) is 0 Å². The van der Waals surface area contributed by atoms with Gasteiger partial charge in [0.15, 0.2) is 0 Å². The van der Waals surface area contributed by atoms with Gasteiger partial charge in [-0.05, 0) is 24.3 Å². The Morgan fingerprint density at radius 1 is 1.35 bits per heavy atom. The molecule has 1 aromatic heterocycles. The molecule has 0 aliphatic carbocycles. The molecule has 1 heterocycles. The molecule has 1 aromatic carbocycles. The second-order valence-corrected chi connectivity index (χ2v) is 3.37. The van der Waals surface area contributed by atoms with Gasteiger partial charge in [-0.3, -0.25) is 4.79 Å². The summed E-state index contributed by atoms with van der Waals surface area (Å²) in [5.41, 5.74) is 1.38. The molecule has 2 rings (SSSR count). The summed E-state index contributed by atoms with van der Waals surface area (Å²) < 4.78 is 1.61. The highest BCUT2D eigenvalue weighted by Gasteiger charge is 2.04. The third-order valence-corrected chi connectivity index (χ3v) is 2.21. The molecule has 0 radical (unpaired) electrons. The number of aliphatic hydroxyl groups is 1. The topological polar surface area (TPSA) is 80.0 Å². The molecule has 0 spiro atoms. The molecule has 0 unspecified atom stereocenters. The van der Waals surface area contributed by atoms with Crippen molar-refractivity contribution in [1.29, 1.82) is 0 Å². The maximum Gasteiger partial charge on any atom is 0.251 e. The third kappa shape index (κ3) is 2.67. The van der Waals surface area contributed by atoms with Gasteiger partial charge in [-0.1, -0.05) is 0 Å². The average Bonchev–Trinajstić information content (AvgIpc) is 2.90. The average molecular weight is 232 g/mol.